The topological polar surface area (TPSA) is 77.4 Å². The van der Waals surface area contributed by atoms with E-state index < -0.39 is 21.7 Å². The van der Waals surface area contributed by atoms with Crippen LogP contribution in [0.1, 0.15) is 43.0 Å². The maximum Gasteiger partial charge on any atom is 0.308 e. The highest BCUT2D eigenvalue weighted by Crippen LogP contribution is 2.40. The highest BCUT2D eigenvalue weighted by molar-refractivity contribution is 7.89. The van der Waals surface area contributed by atoms with Gasteiger partial charge in [0, 0.05) is 12.0 Å². The van der Waals surface area contributed by atoms with Crippen LogP contribution in [-0.4, -0.2) is 18.6 Å². The quantitative estimate of drug-likeness (QED) is 0.424. The fourth-order valence-electron chi connectivity index (χ4n) is 4.46. The van der Waals surface area contributed by atoms with Crippen LogP contribution in [0.4, 0.5) is 0 Å². The van der Waals surface area contributed by atoms with Gasteiger partial charge in [-0.1, -0.05) is 59.4 Å². The number of benzene rings is 3. The van der Waals surface area contributed by atoms with Gasteiger partial charge in [-0.25, -0.2) is 13.1 Å². The summed E-state index contributed by atoms with van der Waals surface area (Å²) in [6.45, 7) is 6.32. The summed E-state index contributed by atoms with van der Waals surface area (Å²) in [5.74, 6) is 0.696. The van der Waals surface area contributed by atoms with Crippen molar-refractivity contribution in [2.24, 2.45) is 0 Å². The van der Waals surface area contributed by atoms with Crippen LogP contribution in [0.25, 0.3) is 10.2 Å². The lowest BCUT2D eigenvalue weighted by Gasteiger charge is -2.38. The maximum absolute atomic E-state index is 13.4. The van der Waals surface area contributed by atoms with Gasteiger partial charge in [-0.2, -0.15) is 0 Å². The van der Waals surface area contributed by atoms with Crippen LogP contribution >= 0.6 is 11.3 Å². The molecule has 0 amide bonds. The van der Waals surface area contributed by atoms with Gasteiger partial charge in [-0.05, 0) is 50.6 Å². The van der Waals surface area contributed by atoms with Crippen molar-refractivity contribution in [2.75, 3.05) is 0 Å². The second-order valence-corrected chi connectivity index (χ2v) is 12.1. The molecule has 8 heteroatoms. The standard InChI is InChI=1S/C26H26N2O4S2/c1-17-9-12-23-20(13-17)21(15-26(2,3)32-23)27-34(30,31)19-10-11-22-24(14-19)33-25(29)28(22)16-18-7-5-4-6-8-18/h4-14,21,27H,15-16H2,1-3H3/t21-/m0/s1. The number of fused-ring (bicyclic) bond motifs is 2. The Morgan fingerprint density at radius 3 is 2.62 bits per heavy atom. The largest absolute Gasteiger partial charge is 0.487 e. The predicted octanol–water partition coefficient (Wildman–Crippen LogP) is 5.00. The fraction of sp³-hybridized carbons (Fsp3) is 0.269. The lowest BCUT2D eigenvalue weighted by molar-refractivity contribution is 0.0701. The number of hydrogen-bond donors (Lipinski definition) is 1. The van der Waals surface area contributed by atoms with Crippen molar-refractivity contribution in [1.29, 1.82) is 0 Å². The molecule has 0 aliphatic carbocycles. The molecule has 0 spiro atoms. The molecule has 34 heavy (non-hydrogen) atoms. The normalized spacial score (nSPS) is 17.3. The number of aryl methyl sites for hydroxylation is 1. The molecule has 1 atom stereocenters. The molecule has 1 N–H and O–H groups in total. The Morgan fingerprint density at radius 2 is 1.85 bits per heavy atom. The van der Waals surface area contributed by atoms with E-state index in [1.54, 1.807) is 22.8 Å². The molecular weight excluding hydrogens is 468 g/mol. The average molecular weight is 495 g/mol. The Kier molecular flexibility index (Phi) is 5.62. The third-order valence-corrected chi connectivity index (χ3v) is 8.46. The van der Waals surface area contributed by atoms with Crippen molar-refractivity contribution in [1.82, 2.24) is 9.29 Å². The Morgan fingerprint density at radius 1 is 1.09 bits per heavy atom. The molecule has 4 aromatic rings. The summed E-state index contributed by atoms with van der Waals surface area (Å²) in [4.78, 5) is 12.7. The van der Waals surface area contributed by atoms with Crippen molar-refractivity contribution >= 4 is 31.6 Å². The first kappa shape index (κ1) is 22.8. The minimum atomic E-state index is -3.83. The lowest BCUT2D eigenvalue weighted by atomic mass is 9.89. The van der Waals surface area contributed by atoms with Gasteiger partial charge in [0.05, 0.1) is 27.7 Å². The van der Waals surface area contributed by atoms with Crippen molar-refractivity contribution in [3.63, 3.8) is 0 Å². The smallest absolute Gasteiger partial charge is 0.308 e. The zero-order chi connectivity index (χ0) is 24.1. The molecule has 176 valence electrons. The van der Waals surface area contributed by atoms with E-state index in [-0.39, 0.29) is 9.77 Å². The zero-order valence-electron chi connectivity index (χ0n) is 19.2. The van der Waals surface area contributed by atoms with Crippen LogP contribution in [0.15, 0.2) is 76.4 Å². The minimum absolute atomic E-state index is 0.114. The van der Waals surface area contributed by atoms with Crippen LogP contribution in [-0.2, 0) is 16.6 Å². The Balaban J connectivity index is 1.48. The van der Waals surface area contributed by atoms with Crippen molar-refractivity contribution in [2.45, 2.75) is 50.3 Å². The van der Waals surface area contributed by atoms with Crippen molar-refractivity contribution in [3.05, 3.63) is 93.1 Å². The van der Waals surface area contributed by atoms with Gasteiger partial charge in [0.1, 0.15) is 11.4 Å². The Bertz CT molecular complexity index is 1540. The number of thiazole rings is 1. The van der Waals surface area contributed by atoms with Gasteiger partial charge in [0.25, 0.3) is 0 Å². The molecular formula is C26H26N2O4S2. The molecule has 0 fully saturated rings. The highest BCUT2D eigenvalue weighted by atomic mass is 32.2. The molecule has 1 aromatic heterocycles. The number of sulfonamides is 1. The summed E-state index contributed by atoms with van der Waals surface area (Å²) < 4.78 is 38.1. The van der Waals surface area contributed by atoms with Gasteiger partial charge in [-0.15, -0.1) is 0 Å². The highest BCUT2D eigenvalue weighted by Gasteiger charge is 2.36. The molecule has 1 aliphatic heterocycles. The molecule has 0 radical (unpaired) electrons. The first-order chi connectivity index (χ1) is 16.1. The summed E-state index contributed by atoms with van der Waals surface area (Å²) >= 11 is 1.06. The van der Waals surface area contributed by atoms with E-state index in [4.69, 9.17) is 4.74 Å². The van der Waals surface area contributed by atoms with E-state index in [0.29, 0.717) is 23.4 Å². The summed E-state index contributed by atoms with van der Waals surface area (Å²) in [7, 11) is -3.83. The monoisotopic (exact) mass is 494 g/mol. The first-order valence-electron chi connectivity index (χ1n) is 11.1. The van der Waals surface area contributed by atoms with E-state index in [1.165, 1.54) is 0 Å². The number of hydrogen-bond acceptors (Lipinski definition) is 5. The number of nitrogens with zero attached hydrogens (tertiary/aromatic N) is 1. The molecule has 6 nitrogen and oxygen atoms in total. The molecule has 0 saturated carbocycles. The molecule has 0 saturated heterocycles. The van der Waals surface area contributed by atoms with Crippen LogP contribution in [0, 0.1) is 6.92 Å². The van der Waals surface area contributed by atoms with E-state index in [1.807, 2.05) is 69.3 Å². The van der Waals surface area contributed by atoms with E-state index in [9.17, 15) is 13.2 Å². The van der Waals surface area contributed by atoms with Gasteiger partial charge in [-0.3, -0.25) is 9.36 Å². The number of rotatable bonds is 5. The molecule has 3 aromatic carbocycles. The first-order valence-corrected chi connectivity index (χ1v) is 13.4. The third-order valence-electron chi connectivity index (χ3n) is 6.05. The second kappa shape index (κ2) is 8.37. The van der Waals surface area contributed by atoms with Crippen LogP contribution in [0.3, 0.4) is 0 Å². The van der Waals surface area contributed by atoms with E-state index >= 15 is 0 Å². The van der Waals surface area contributed by atoms with Gasteiger partial charge < -0.3 is 4.74 Å². The SMILES string of the molecule is Cc1ccc2c(c1)[C@@H](NS(=O)(=O)c1ccc3c(c1)sc(=O)n3Cc1ccccc1)CC(C)(C)O2. The van der Waals surface area contributed by atoms with Crippen LogP contribution in [0.5, 0.6) is 5.75 Å². The number of ether oxygens (including phenoxy) is 1. The van der Waals surface area contributed by atoms with E-state index in [2.05, 4.69) is 4.72 Å². The van der Waals surface area contributed by atoms with Crippen molar-refractivity contribution < 1.29 is 13.2 Å². The Hall–Kier alpha value is -2.94. The summed E-state index contributed by atoms with van der Waals surface area (Å²) in [5, 5.41) is 0. The van der Waals surface area contributed by atoms with Crippen molar-refractivity contribution in [3.8, 4) is 5.75 Å². The predicted molar refractivity (Wildman–Crippen MR) is 135 cm³/mol. The molecule has 1 aliphatic rings. The summed E-state index contributed by atoms with van der Waals surface area (Å²) in [6.07, 6.45) is 0.506. The third kappa shape index (κ3) is 4.41. The van der Waals surface area contributed by atoms with Gasteiger partial charge in [0.2, 0.25) is 10.0 Å². The molecule has 0 unspecified atom stereocenters. The second-order valence-electron chi connectivity index (χ2n) is 9.35. The van der Waals surface area contributed by atoms with Gasteiger partial charge >= 0.3 is 4.87 Å². The molecule has 5 rings (SSSR count). The minimum Gasteiger partial charge on any atom is -0.487 e. The lowest BCUT2D eigenvalue weighted by Crippen LogP contribution is -2.41. The summed E-state index contributed by atoms with van der Waals surface area (Å²) in [6, 6.07) is 20.0. The zero-order valence-corrected chi connectivity index (χ0v) is 20.9. The average Bonchev–Trinajstić information content (AvgIpc) is 3.08. The molecule has 2 heterocycles. The number of aromatic nitrogens is 1. The van der Waals surface area contributed by atoms with Crippen LogP contribution < -0.4 is 14.3 Å². The Labute approximate surface area is 202 Å². The maximum atomic E-state index is 13.4. The summed E-state index contributed by atoms with van der Waals surface area (Å²) in [5.41, 5.74) is 3.11. The van der Waals surface area contributed by atoms with Gasteiger partial charge in [0.15, 0.2) is 0 Å². The fourth-order valence-corrected chi connectivity index (χ4v) is 6.71. The number of nitrogens with one attached hydrogen (secondary N) is 1. The van der Waals surface area contributed by atoms with Crippen LogP contribution in [0.2, 0.25) is 0 Å². The molecule has 0 bridgehead atoms. The van der Waals surface area contributed by atoms with E-state index in [0.717, 1.165) is 33.5 Å².